The average molecular weight is 402 g/mol. The molecule has 0 aliphatic heterocycles. The Morgan fingerprint density at radius 2 is 1.52 bits per heavy atom. The molecule has 154 valence electrons. The largest absolute Gasteiger partial charge is 0.493 e. The Hall–Kier alpha value is -3.75. The number of urea groups is 1. The maximum absolute atomic E-state index is 12.9. The van der Waals surface area contributed by atoms with Crippen LogP contribution < -0.4 is 24.8 Å². The molecule has 0 aliphatic rings. The quantitative estimate of drug-likeness (QED) is 0.682. The van der Waals surface area contributed by atoms with Crippen LogP contribution in [0.1, 0.15) is 22.0 Å². The number of imide groups is 1. The van der Waals surface area contributed by atoms with E-state index in [4.69, 9.17) is 18.9 Å². The SMILES string of the molecule is CNC(=O)NC(=O)[C@H](OC(=O)c1ccc(OC)c(OC)c1OC)c1ccccc1. The molecule has 0 aromatic heterocycles. The summed E-state index contributed by atoms with van der Waals surface area (Å²) in [6.07, 6.45) is -1.36. The molecule has 1 atom stereocenters. The van der Waals surface area contributed by atoms with Crippen LogP contribution in [0, 0.1) is 0 Å². The Bertz CT molecular complexity index is 884. The number of nitrogens with one attached hydrogen (secondary N) is 2. The topological polar surface area (TPSA) is 112 Å². The second-order valence-corrected chi connectivity index (χ2v) is 5.65. The predicted molar refractivity (Wildman–Crippen MR) is 103 cm³/mol. The van der Waals surface area contributed by atoms with Crippen LogP contribution in [-0.2, 0) is 9.53 Å². The molecule has 0 bridgehead atoms. The predicted octanol–water partition coefficient (Wildman–Crippen LogP) is 2.07. The Labute approximate surface area is 167 Å². The highest BCUT2D eigenvalue weighted by Crippen LogP contribution is 2.40. The molecular formula is C20H22N2O7. The van der Waals surface area contributed by atoms with Crippen molar-refractivity contribution < 1.29 is 33.3 Å². The van der Waals surface area contributed by atoms with Crippen molar-refractivity contribution in [1.29, 1.82) is 0 Å². The molecule has 2 rings (SSSR count). The fraction of sp³-hybridized carbons (Fsp3) is 0.250. The third-order valence-electron chi connectivity index (χ3n) is 3.95. The van der Waals surface area contributed by atoms with Crippen LogP contribution in [0.2, 0.25) is 0 Å². The molecule has 0 saturated heterocycles. The summed E-state index contributed by atoms with van der Waals surface area (Å²) in [6, 6.07) is 10.5. The Morgan fingerprint density at radius 3 is 2.07 bits per heavy atom. The lowest BCUT2D eigenvalue weighted by atomic mass is 10.1. The van der Waals surface area contributed by atoms with E-state index in [1.54, 1.807) is 30.3 Å². The molecule has 2 aromatic carbocycles. The number of benzene rings is 2. The minimum atomic E-state index is -1.36. The van der Waals surface area contributed by atoms with Gasteiger partial charge in [-0.2, -0.15) is 0 Å². The van der Waals surface area contributed by atoms with Gasteiger partial charge in [0.2, 0.25) is 11.9 Å². The molecule has 0 unspecified atom stereocenters. The van der Waals surface area contributed by atoms with Gasteiger partial charge in [0, 0.05) is 12.6 Å². The van der Waals surface area contributed by atoms with Gasteiger partial charge in [0.05, 0.1) is 21.3 Å². The van der Waals surface area contributed by atoms with Crippen LogP contribution in [0.3, 0.4) is 0 Å². The molecular weight excluding hydrogens is 380 g/mol. The first kappa shape index (κ1) is 21.5. The van der Waals surface area contributed by atoms with Gasteiger partial charge >= 0.3 is 12.0 Å². The Kier molecular flexibility index (Phi) is 7.41. The number of hydrogen-bond donors (Lipinski definition) is 2. The summed E-state index contributed by atoms with van der Waals surface area (Å²) in [7, 11) is 5.57. The lowest BCUT2D eigenvalue weighted by Gasteiger charge is -2.19. The molecule has 0 fully saturated rings. The second kappa shape index (κ2) is 9.98. The van der Waals surface area contributed by atoms with E-state index < -0.39 is 24.0 Å². The van der Waals surface area contributed by atoms with Gasteiger partial charge in [0.1, 0.15) is 5.56 Å². The maximum atomic E-state index is 12.9. The van der Waals surface area contributed by atoms with Crippen molar-refractivity contribution in [3.05, 3.63) is 53.6 Å². The molecule has 0 saturated carbocycles. The normalized spacial score (nSPS) is 11.0. The number of amides is 3. The lowest BCUT2D eigenvalue weighted by molar-refractivity contribution is -0.129. The molecule has 0 radical (unpaired) electrons. The van der Waals surface area contributed by atoms with Crippen molar-refractivity contribution in [1.82, 2.24) is 10.6 Å². The van der Waals surface area contributed by atoms with Gasteiger partial charge in [-0.05, 0) is 12.1 Å². The first-order valence-electron chi connectivity index (χ1n) is 8.54. The van der Waals surface area contributed by atoms with Gasteiger partial charge in [-0.1, -0.05) is 30.3 Å². The Morgan fingerprint density at radius 1 is 0.862 bits per heavy atom. The van der Waals surface area contributed by atoms with Crippen molar-refractivity contribution in [2.24, 2.45) is 0 Å². The fourth-order valence-corrected chi connectivity index (χ4v) is 2.57. The van der Waals surface area contributed by atoms with Crippen molar-refractivity contribution >= 4 is 17.9 Å². The summed E-state index contributed by atoms with van der Waals surface area (Å²) in [4.78, 5) is 36.9. The number of ether oxygens (including phenoxy) is 4. The zero-order valence-electron chi connectivity index (χ0n) is 16.5. The van der Waals surface area contributed by atoms with E-state index in [2.05, 4.69) is 10.6 Å². The van der Waals surface area contributed by atoms with Gasteiger partial charge in [-0.25, -0.2) is 9.59 Å². The summed E-state index contributed by atoms with van der Waals surface area (Å²) >= 11 is 0. The van der Waals surface area contributed by atoms with E-state index in [1.807, 2.05) is 0 Å². The minimum Gasteiger partial charge on any atom is -0.493 e. The monoisotopic (exact) mass is 402 g/mol. The number of methoxy groups -OCH3 is 3. The summed E-state index contributed by atoms with van der Waals surface area (Å²) in [6.45, 7) is 0. The van der Waals surface area contributed by atoms with Crippen molar-refractivity contribution in [3.8, 4) is 17.2 Å². The molecule has 9 nitrogen and oxygen atoms in total. The van der Waals surface area contributed by atoms with Crippen LogP contribution in [0.4, 0.5) is 4.79 Å². The number of rotatable bonds is 7. The first-order chi connectivity index (χ1) is 14.0. The highest BCUT2D eigenvalue weighted by Gasteiger charge is 2.29. The lowest BCUT2D eigenvalue weighted by Crippen LogP contribution is -2.41. The van der Waals surface area contributed by atoms with Crippen LogP contribution in [0.25, 0.3) is 0 Å². The maximum Gasteiger partial charge on any atom is 0.343 e. The summed E-state index contributed by atoms with van der Waals surface area (Å²) < 4.78 is 21.2. The molecule has 0 heterocycles. The summed E-state index contributed by atoms with van der Waals surface area (Å²) in [5, 5.41) is 4.38. The van der Waals surface area contributed by atoms with Crippen LogP contribution in [-0.4, -0.2) is 46.3 Å². The molecule has 9 heteroatoms. The molecule has 0 aliphatic carbocycles. The molecule has 0 spiro atoms. The molecule has 2 aromatic rings. The highest BCUT2D eigenvalue weighted by molar-refractivity contribution is 6.00. The summed E-state index contributed by atoms with van der Waals surface area (Å²) in [5.41, 5.74) is 0.417. The van der Waals surface area contributed by atoms with Crippen LogP contribution >= 0.6 is 0 Å². The van der Waals surface area contributed by atoms with E-state index in [0.717, 1.165) is 0 Å². The number of carbonyl (C=O) groups excluding carboxylic acids is 3. The number of carbonyl (C=O) groups is 3. The first-order valence-corrected chi connectivity index (χ1v) is 8.54. The zero-order chi connectivity index (χ0) is 21.4. The minimum absolute atomic E-state index is 0.0267. The van der Waals surface area contributed by atoms with Crippen molar-refractivity contribution in [3.63, 3.8) is 0 Å². The standard InChI is InChI=1S/C20H22N2O7/c1-21-20(25)22-18(23)15(12-8-6-5-7-9-12)29-19(24)13-10-11-14(26-2)17(28-4)16(13)27-3/h5-11,15H,1-4H3,(H2,21,22,23,25)/t15-/m1/s1. The van der Waals surface area contributed by atoms with Gasteiger partial charge in [0.15, 0.2) is 11.5 Å². The third-order valence-corrected chi connectivity index (χ3v) is 3.95. The smallest absolute Gasteiger partial charge is 0.343 e. The van der Waals surface area contributed by atoms with Gasteiger partial charge in [0.25, 0.3) is 5.91 Å². The highest BCUT2D eigenvalue weighted by atomic mass is 16.6. The van der Waals surface area contributed by atoms with Crippen molar-refractivity contribution in [2.75, 3.05) is 28.4 Å². The molecule has 3 amide bonds. The molecule has 2 N–H and O–H groups in total. The van der Waals surface area contributed by atoms with Gasteiger partial charge in [-0.3, -0.25) is 10.1 Å². The van der Waals surface area contributed by atoms with Crippen LogP contribution in [0.15, 0.2) is 42.5 Å². The van der Waals surface area contributed by atoms with E-state index in [9.17, 15) is 14.4 Å². The third kappa shape index (κ3) is 4.95. The number of esters is 1. The van der Waals surface area contributed by atoms with Gasteiger partial charge < -0.3 is 24.3 Å². The van der Waals surface area contributed by atoms with E-state index in [-0.39, 0.29) is 17.1 Å². The van der Waals surface area contributed by atoms with E-state index in [1.165, 1.54) is 40.5 Å². The van der Waals surface area contributed by atoms with Gasteiger partial charge in [-0.15, -0.1) is 0 Å². The van der Waals surface area contributed by atoms with E-state index >= 15 is 0 Å². The second-order valence-electron chi connectivity index (χ2n) is 5.65. The summed E-state index contributed by atoms with van der Waals surface area (Å²) in [5.74, 6) is -0.990. The zero-order valence-corrected chi connectivity index (χ0v) is 16.5. The fourth-order valence-electron chi connectivity index (χ4n) is 2.57. The average Bonchev–Trinajstić information content (AvgIpc) is 2.76. The van der Waals surface area contributed by atoms with Crippen molar-refractivity contribution in [2.45, 2.75) is 6.10 Å². The molecule has 29 heavy (non-hydrogen) atoms. The Balaban J connectivity index is 2.40. The van der Waals surface area contributed by atoms with E-state index in [0.29, 0.717) is 11.3 Å². The number of hydrogen-bond acceptors (Lipinski definition) is 7. The van der Waals surface area contributed by atoms with Crippen LogP contribution in [0.5, 0.6) is 17.2 Å².